The first-order valence-corrected chi connectivity index (χ1v) is 11.3. The van der Waals surface area contributed by atoms with Crippen molar-refractivity contribution in [3.05, 3.63) is 59.7 Å². The van der Waals surface area contributed by atoms with E-state index in [0.29, 0.717) is 12.5 Å². The van der Waals surface area contributed by atoms with E-state index in [9.17, 15) is 0 Å². The number of ether oxygens (including phenoxy) is 2. The van der Waals surface area contributed by atoms with Gasteiger partial charge < -0.3 is 9.47 Å². The summed E-state index contributed by atoms with van der Waals surface area (Å²) in [5.41, 5.74) is 2.76. The number of benzene rings is 2. The minimum atomic E-state index is 0.118. The largest absolute Gasteiger partial charge is 0.490 e. The Balaban J connectivity index is 1.62. The third-order valence-corrected chi connectivity index (χ3v) is 5.80. The van der Waals surface area contributed by atoms with E-state index >= 15 is 0 Å². The summed E-state index contributed by atoms with van der Waals surface area (Å²) in [4.78, 5) is 0. The molecule has 0 aromatic heterocycles. The van der Waals surface area contributed by atoms with Gasteiger partial charge >= 0.3 is 0 Å². The van der Waals surface area contributed by atoms with E-state index in [1.807, 2.05) is 0 Å². The molecule has 3 rings (SSSR count). The van der Waals surface area contributed by atoms with E-state index in [4.69, 9.17) is 9.47 Å². The van der Waals surface area contributed by atoms with Gasteiger partial charge in [-0.05, 0) is 67.0 Å². The van der Waals surface area contributed by atoms with Gasteiger partial charge in [0.25, 0.3) is 0 Å². The van der Waals surface area contributed by atoms with E-state index in [1.54, 1.807) is 0 Å². The van der Waals surface area contributed by atoms with Crippen molar-refractivity contribution in [3.8, 4) is 11.5 Å². The summed E-state index contributed by atoms with van der Waals surface area (Å²) in [6.07, 6.45) is 11.2. The average molecular weight is 381 g/mol. The van der Waals surface area contributed by atoms with Gasteiger partial charge in [0.1, 0.15) is 24.2 Å². The van der Waals surface area contributed by atoms with Crippen molar-refractivity contribution in [3.63, 3.8) is 0 Å². The molecule has 0 spiro atoms. The second-order valence-corrected chi connectivity index (χ2v) is 8.15. The maximum absolute atomic E-state index is 6.45. The van der Waals surface area contributed by atoms with E-state index in [2.05, 4.69) is 62.4 Å². The molecular weight excluding hydrogens is 344 g/mol. The van der Waals surface area contributed by atoms with Crippen LogP contribution >= 0.6 is 0 Å². The lowest BCUT2D eigenvalue weighted by molar-refractivity contribution is 0.0609. The van der Waals surface area contributed by atoms with Crippen LogP contribution < -0.4 is 9.47 Å². The maximum Gasteiger partial charge on any atom is 0.135 e. The van der Waals surface area contributed by atoms with Crippen molar-refractivity contribution in [2.24, 2.45) is 5.92 Å². The van der Waals surface area contributed by atoms with E-state index in [1.165, 1.54) is 56.1 Å². The Hall–Kier alpha value is -1.96. The Morgan fingerprint density at radius 2 is 1.29 bits per heavy atom. The molecule has 0 heterocycles. The van der Waals surface area contributed by atoms with Crippen LogP contribution in [0.25, 0.3) is 0 Å². The standard InChI is InChI=1S/C26H36O2/c1-3-8-21-12-16-24(17-13-21)27-20-26(23-10-6-5-7-11-23)28-25-18-14-22(9-4-2)15-19-25/h12-19,23,26H,3-11,20H2,1-2H3. The van der Waals surface area contributed by atoms with Crippen LogP contribution in [-0.4, -0.2) is 12.7 Å². The number of hydrogen-bond acceptors (Lipinski definition) is 2. The molecule has 0 aliphatic heterocycles. The highest BCUT2D eigenvalue weighted by Crippen LogP contribution is 2.30. The Labute approximate surface area is 171 Å². The zero-order valence-electron chi connectivity index (χ0n) is 17.7. The van der Waals surface area contributed by atoms with Gasteiger partial charge in [0.2, 0.25) is 0 Å². The molecule has 1 fully saturated rings. The fraction of sp³-hybridized carbons (Fsp3) is 0.538. The molecule has 1 unspecified atom stereocenters. The van der Waals surface area contributed by atoms with Gasteiger partial charge in [-0.2, -0.15) is 0 Å². The van der Waals surface area contributed by atoms with Crippen LogP contribution in [0, 0.1) is 5.92 Å². The maximum atomic E-state index is 6.45. The third-order valence-electron chi connectivity index (χ3n) is 5.80. The van der Waals surface area contributed by atoms with Crippen molar-refractivity contribution in [2.75, 3.05) is 6.61 Å². The lowest BCUT2D eigenvalue weighted by Crippen LogP contribution is -2.34. The van der Waals surface area contributed by atoms with Gasteiger partial charge in [-0.15, -0.1) is 0 Å². The van der Waals surface area contributed by atoms with Crippen LogP contribution in [0.4, 0.5) is 0 Å². The predicted octanol–water partition coefficient (Wildman–Crippen LogP) is 7.00. The smallest absolute Gasteiger partial charge is 0.135 e. The van der Waals surface area contributed by atoms with Crippen molar-refractivity contribution >= 4 is 0 Å². The number of aryl methyl sites for hydroxylation is 2. The monoisotopic (exact) mass is 380 g/mol. The van der Waals surface area contributed by atoms with Crippen LogP contribution in [0.5, 0.6) is 11.5 Å². The zero-order valence-corrected chi connectivity index (χ0v) is 17.7. The fourth-order valence-electron chi connectivity index (χ4n) is 4.19. The molecule has 0 saturated heterocycles. The summed E-state index contributed by atoms with van der Waals surface area (Å²) in [6, 6.07) is 17.2. The molecule has 2 nitrogen and oxygen atoms in total. The fourth-order valence-corrected chi connectivity index (χ4v) is 4.19. The van der Waals surface area contributed by atoms with Gasteiger partial charge in [-0.3, -0.25) is 0 Å². The van der Waals surface area contributed by atoms with Crippen LogP contribution in [0.2, 0.25) is 0 Å². The summed E-state index contributed by atoms with van der Waals surface area (Å²) in [6.45, 7) is 5.05. The molecular formula is C26H36O2. The SMILES string of the molecule is CCCc1ccc(OCC(Oc2ccc(CCC)cc2)C2CCCCC2)cc1. The first-order chi connectivity index (χ1) is 13.8. The second-order valence-electron chi connectivity index (χ2n) is 8.15. The quantitative estimate of drug-likeness (QED) is 0.442. The molecule has 2 heteroatoms. The summed E-state index contributed by atoms with van der Waals surface area (Å²) in [5, 5.41) is 0. The molecule has 1 saturated carbocycles. The van der Waals surface area contributed by atoms with Crippen LogP contribution in [0.15, 0.2) is 48.5 Å². The Morgan fingerprint density at radius 1 is 0.750 bits per heavy atom. The Bertz CT molecular complexity index is 669. The van der Waals surface area contributed by atoms with Gasteiger partial charge in [-0.25, -0.2) is 0 Å². The lowest BCUT2D eigenvalue weighted by Gasteiger charge is -2.30. The van der Waals surface area contributed by atoms with Gasteiger partial charge in [-0.1, -0.05) is 70.2 Å². The van der Waals surface area contributed by atoms with Crippen LogP contribution in [0.3, 0.4) is 0 Å². The number of rotatable bonds is 10. The van der Waals surface area contributed by atoms with Crippen molar-refractivity contribution in [1.82, 2.24) is 0 Å². The van der Waals surface area contributed by atoms with Crippen molar-refractivity contribution < 1.29 is 9.47 Å². The van der Waals surface area contributed by atoms with Crippen molar-refractivity contribution in [2.45, 2.75) is 77.7 Å². The molecule has 1 atom stereocenters. The van der Waals surface area contributed by atoms with Crippen molar-refractivity contribution in [1.29, 1.82) is 0 Å². The first kappa shape index (κ1) is 20.8. The molecule has 1 aliphatic carbocycles. The highest BCUT2D eigenvalue weighted by Gasteiger charge is 2.26. The minimum Gasteiger partial charge on any atom is -0.490 e. The molecule has 2 aromatic carbocycles. The summed E-state index contributed by atoms with van der Waals surface area (Å²) >= 11 is 0. The minimum absolute atomic E-state index is 0.118. The molecule has 2 aromatic rings. The topological polar surface area (TPSA) is 18.5 Å². The molecule has 1 aliphatic rings. The molecule has 28 heavy (non-hydrogen) atoms. The van der Waals surface area contributed by atoms with Gasteiger partial charge in [0.15, 0.2) is 0 Å². The van der Waals surface area contributed by atoms with E-state index in [-0.39, 0.29) is 6.10 Å². The van der Waals surface area contributed by atoms with Gasteiger partial charge in [0, 0.05) is 0 Å². The third kappa shape index (κ3) is 6.29. The second kappa shape index (κ2) is 11.1. The molecule has 0 N–H and O–H groups in total. The summed E-state index contributed by atoms with van der Waals surface area (Å²) < 4.78 is 12.6. The lowest BCUT2D eigenvalue weighted by atomic mass is 9.85. The first-order valence-electron chi connectivity index (χ1n) is 11.3. The summed E-state index contributed by atoms with van der Waals surface area (Å²) in [7, 11) is 0. The molecule has 0 amide bonds. The van der Waals surface area contributed by atoms with Crippen LogP contribution in [-0.2, 0) is 12.8 Å². The van der Waals surface area contributed by atoms with Crippen LogP contribution in [0.1, 0.15) is 69.9 Å². The zero-order chi connectivity index (χ0) is 19.6. The average Bonchev–Trinajstić information content (AvgIpc) is 2.74. The molecule has 0 radical (unpaired) electrons. The normalized spacial score (nSPS) is 15.9. The summed E-state index contributed by atoms with van der Waals surface area (Å²) in [5.74, 6) is 2.50. The highest BCUT2D eigenvalue weighted by molar-refractivity contribution is 5.28. The molecule has 0 bridgehead atoms. The molecule has 152 valence electrons. The Morgan fingerprint density at radius 3 is 1.82 bits per heavy atom. The highest BCUT2D eigenvalue weighted by atomic mass is 16.5. The number of hydrogen-bond donors (Lipinski definition) is 0. The van der Waals surface area contributed by atoms with E-state index in [0.717, 1.165) is 24.3 Å². The predicted molar refractivity (Wildman–Crippen MR) is 117 cm³/mol. The van der Waals surface area contributed by atoms with E-state index < -0.39 is 0 Å². The van der Waals surface area contributed by atoms with Gasteiger partial charge in [0.05, 0.1) is 0 Å². The Kier molecular flexibility index (Phi) is 8.26.